The largest absolute Gasteiger partial charge is 0.302 e. The summed E-state index contributed by atoms with van der Waals surface area (Å²) in [5, 5.41) is 0. The highest BCUT2D eigenvalue weighted by Gasteiger charge is 2.13. The Morgan fingerprint density at radius 2 is 2.04 bits per heavy atom. The number of hydrogen-bond donors (Lipinski definition) is 0. The van der Waals surface area contributed by atoms with Crippen LogP contribution in [-0.2, 0) is 17.1 Å². The zero-order chi connectivity index (χ0) is 19.9. The molecule has 144 valence electrons. The van der Waals surface area contributed by atoms with Crippen LogP contribution in [0.1, 0.15) is 18.4 Å². The van der Waals surface area contributed by atoms with E-state index in [2.05, 4.69) is 23.0 Å². The van der Waals surface area contributed by atoms with E-state index >= 15 is 0 Å². The summed E-state index contributed by atoms with van der Waals surface area (Å²) in [6.45, 7) is 0.0571. The third kappa shape index (κ3) is 5.09. The Bertz CT molecular complexity index is 1080. The van der Waals surface area contributed by atoms with Gasteiger partial charge in [-0.2, -0.15) is 16.8 Å². The number of thioether (sulfide) groups is 1. The quantitative estimate of drug-likeness (QED) is 0.411. The van der Waals surface area contributed by atoms with Crippen LogP contribution in [0.3, 0.4) is 0 Å². The van der Waals surface area contributed by atoms with E-state index < -0.39 is 11.6 Å². The zero-order valence-electron chi connectivity index (χ0n) is 15.0. The molecule has 0 N–H and O–H groups in total. The number of nitrogens with zero attached hydrogens (tertiary/aromatic N) is 2. The normalized spacial score (nSPS) is 11.7. The van der Waals surface area contributed by atoms with Crippen molar-refractivity contribution >= 4 is 39.2 Å². The third-order valence-corrected chi connectivity index (χ3v) is 6.10. The van der Waals surface area contributed by atoms with Gasteiger partial charge in [0.2, 0.25) is 5.91 Å². The molecule has 0 saturated heterocycles. The summed E-state index contributed by atoms with van der Waals surface area (Å²) in [7, 11) is 0. The molecule has 3 nitrogen and oxygen atoms in total. The summed E-state index contributed by atoms with van der Waals surface area (Å²) < 4.78 is 29.4. The van der Waals surface area contributed by atoms with Crippen molar-refractivity contribution in [3.05, 3.63) is 64.5 Å². The maximum absolute atomic E-state index is 14.2. The fraction of sp³-hybridized carbons (Fsp3) is 0.238. The van der Waals surface area contributed by atoms with Crippen molar-refractivity contribution in [3.8, 4) is 12.3 Å². The standard InChI is InChI=1S/C21H18F2N2OS2/c1-2-10-25-20-17(23)12-16(22)13-18(20)28-21(25)24-19(26)9-6-11-27-14-15-7-4-3-5-8-15/h1,3-5,7-8,12-13H,6,9-11,14H2. The molecule has 28 heavy (non-hydrogen) atoms. The lowest BCUT2D eigenvalue weighted by Crippen LogP contribution is -2.17. The summed E-state index contributed by atoms with van der Waals surface area (Å²) in [4.78, 5) is 16.6. The molecule has 0 atom stereocenters. The van der Waals surface area contributed by atoms with E-state index in [1.807, 2.05) is 18.2 Å². The van der Waals surface area contributed by atoms with Crippen LogP contribution in [0.4, 0.5) is 8.78 Å². The number of aromatic nitrogens is 1. The summed E-state index contributed by atoms with van der Waals surface area (Å²) in [6.07, 6.45) is 6.35. The first-order valence-corrected chi connectivity index (χ1v) is 10.7. The Balaban J connectivity index is 1.66. The number of rotatable bonds is 7. The smallest absolute Gasteiger partial charge is 0.248 e. The first-order chi connectivity index (χ1) is 13.6. The van der Waals surface area contributed by atoms with Crippen molar-refractivity contribution in [2.75, 3.05) is 5.75 Å². The second-order valence-electron chi connectivity index (χ2n) is 6.06. The van der Waals surface area contributed by atoms with Gasteiger partial charge in [0.15, 0.2) is 10.6 Å². The number of thiazole rings is 1. The van der Waals surface area contributed by atoms with E-state index in [4.69, 9.17) is 6.42 Å². The van der Waals surface area contributed by atoms with E-state index in [-0.39, 0.29) is 18.0 Å². The summed E-state index contributed by atoms with van der Waals surface area (Å²) in [5.74, 6) is 2.48. The van der Waals surface area contributed by atoms with Crippen LogP contribution in [0, 0.1) is 24.0 Å². The van der Waals surface area contributed by atoms with Gasteiger partial charge < -0.3 is 4.57 Å². The second-order valence-corrected chi connectivity index (χ2v) is 8.17. The molecule has 3 rings (SSSR count). The van der Waals surface area contributed by atoms with Gasteiger partial charge in [-0.15, -0.1) is 6.42 Å². The van der Waals surface area contributed by atoms with Crippen molar-refractivity contribution in [1.29, 1.82) is 0 Å². The molecule has 0 unspecified atom stereocenters. The Labute approximate surface area is 170 Å². The number of benzene rings is 2. The molecule has 0 aliphatic rings. The molecule has 1 heterocycles. The van der Waals surface area contributed by atoms with Crippen molar-refractivity contribution in [2.45, 2.75) is 25.1 Å². The Morgan fingerprint density at radius 3 is 2.79 bits per heavy atom. The van der Waals surface area contributed by atoms with Gasteiger partial charge in [-0.1, -0.05) is 47.6 Å². The van der Waals surface area contributed by atoms with Gasteiger partial charge in [0, 0.05) is 18.2 Å². The van der Waals surface area contributed by atoms with Crippen LogP contribution in [0.2, 0.25) is 0 Å². The maximum Gasteiger partial charge on any atom is 0.248 e. The van der Waals surface area contributed by atoms with Crippen LogP contribution >= 0.6 is 23.1 Å². The maximum atomic E-state index is 14.2. The fourth-order valence-corrected chi connectivity index (χ4v) is 4.71. The van der Waals surface area contributed by atoms with E-state index in [1.54, 1.807) is 11.8 Å². The predicted molar refractivity (Wildman–Crippen MR) is 111 cm³/mol. The van der Waals surface area contributed by atoms with Crippen LogP contribution in [0.5, 0.6) is 0 Å². The van der Waals surface area contributed by atoms with Crippen LogP contribution in [-0.4, -0.2) is 16.2 Å². The Kier molecular flexibility index (Phi) is 7.01. The lowest BCUT2D eigenvalue weighted by Gasteiger charge is -2.02. The monoisotopic (exact) mass is 416 g/mol. The molecule has 0 aliphatic carbocycles. The molecule has 0 spiro atoms. The minimum absolute atomic E-state index is 0.0571. The highest BCUT2D eigenvalue weighted by atomic mass is 32.2. The number of hydrogen-bond acceptors (Lipinski definition) is 3. The van der Waals surface area contributed by atoms with Gasteiger partial charge in [-0.05, 0) is 23.8 Å². The summed E-state index contributed by atoms with van der Waals surface area (Å²) >= 11 is 2.82. The molecule has 0 saturated carbocycles. The topological polar surface area (TPSA) is 34.4 Å². The summed E-state index contributed by atoms with van der Waals surface area (Å²) in [6, 6.07) is 12.2. The van der Waals surface area contributed by atoms with Crippen molar-refractivity contribution < 1.29 is 13.6 Å². The van der Waals surface area contributed by atoms with Gasteiger partial charge in [-0.3, -0.25) is 4.79 Å². The van der Waals surface area contributed by atoms with E-state index in [9.17, 15) is 13.6 Å². The number of amides is 1. The third-order valence-electron chi connectivity index (χ3n) is 3.96. The number of carbonyl (C=O) groups excluding carboxylic acids is 1. The number of fused-ring (bicyclic) bond motifs is 1. The predicted octanol–water partition coefficient (Wildman–Crippen LogP) is 4.76. The SMILES string of the molecule is C#CCn1c(=NC(=O)CCCSCc2ccccc2)sc2cc(F)cc(F)c21. The van der Waals surface area contributed by atoms with Crippen molar-refractivity contribution in [2.24, 2.45) is 4.99 Å². The van der Waals surface area contributed by atoms with Gasteiger partial charge in [0.25, 0.3) is 0 Å². The van der Waals surface area contributed by atoms with Crippen LogP contribution < -0.4 is 4.80 Å². The van der Waals surface area contributed by atoms with Gasteiger partial charge in [0.1, 0.15) is 5.82 Å². The van der Waals surface area contributed by atoms with E-state index in [0.717, 1.165) is 28.9 Å². The van der Waals surface area contributed by atoms with E-state index in [1.165, 1.54) is 16.2 Å². The average molecular weight is 417 g/mol. The van der Waals surface area contributed by atoms with Crippen LogP contribution in [0.25, 0.3) is 10.2 Å². The van der Waals surface area contributed by atoms with Gasteiger partial charge >= 0.3 is 0 Å². The van der Waals surface area contributed by atoms with Gasteiger partial charge in [-0.25, -0.2) is 8.78 Å². The first kappa shape index (κ1) is 20.3. The molecule has 0 bridgehead atoms. The molecular weight excluding hydrogens is 398 g/mol. The fourth-order valence-electron chi connectivity index (χ4n) is 2.70. The Hall–Kier alpha value is -2.43. The second kappa shape index (κ2) is 9.67. The van der Waals surface area contributed by atoms with Gasteiger partial charge in [0.05, 0.1) is 16.8 Å². The molecule has 2 aromatic carbocycles. The lowest BCUT2D eigenvalue weighted by atomic mass is 10.2. The van der Waals surface area contributed by atoms with E-state index in [0.29, 0.717) is 22.3 Å². The van der Waals surface area contributed by atoms with Crippen LogP contribution in [0.15, 0.2) is 47.5 Å². The first-order valence-electron chi connectivity index (χ1n) is 8.69. The number of carbonyl (C=O) groups is 1. The number of terminal acetylenes is 1. The highest BCUT2D eigenvalue weighted by molar-refractivity contribution is 7.98. The zero-order valence-corrected chi connectivity index (χ0v) is 16.7. The molecule has 1 amide bonds. The molecule has 1 aromatic heterocycles. The molecule has 0 fully saturated rings. The lowest BCUT2D eigenvalue weighted by molar-refractivity contribution is -0.118. The molecule has 7 heteroatoms. The summed E-state index contributed by atoms with van der Waals surface area (Å²) in [5.41, 5.74) is 1.42. The number of halogens is 2. The minimum atomic E-state index is -0.715. The molecule has 0 radical (unpaired) electrons. The minimum Gasteiger partial charge on any atom is -0.302 e. The Morgan fingerprint density at radius 1 is 1.25 bits per heavy atom. The molecule has 3 aromatic rings. The van der Waals surface area contributed by atoms with Crippen molar-refractivity contribution in [3.63, 3.8) is 0 Å². The molecule has 0 aliphatic heterocycles. The molecular formula is C21H18F2N2OS2. The average Bonchev–Trinajstić information content (AvgIpc) is 2.99. The highest BCUT2D eigenvalue weighted by Crippen LogP contribution is 2.22. The van der Waals surface area contributed by atoms with Crippen molar-refractivity contribution in [1.82, 2.24) is 4.57 Å².